The van der Waals surface area contributed by atoms with Gasteiger partial charge in [-0.3, -0.25) is 0 Å². The van der Waals surface area contributed by atoms with E-state index in [0.717, 1.165) is 25.7 Å². The van der Waals surface area contributed by atoms with Crippen LogP contribution in [-0.4, -0.2) is 6.71 Å². The van der Waals surface area contributed by atoms with E-state index in [2.05, 4.69) is 244 Å². The van der Waals surface area contributed by atoms with Gasteiger partial charge >= 0.3 is 0 Å². The van der Waals surface area contributed by atoms with Crippen molar-refractivity contribution in [1.82, 2.24) is 0 Å². The maximum absolute atomic E-state index is 2.89. The second-order valence-electron chi connectivity index (χ2n) is 26.0. The van der Waals surface area contributed by atoms with Gasteiger partial charge < -0.3 is 14.7 Å². The molecule has 2 aliphatic carbocycles. The average molecular weight is 916 g/mol. The van der Waals surface area contributed by atoms with E-state index in [1.54, 1.807) is 0 Å². The van der Waals surface area contributed by atoms with Gasteiger partial charge in [-0.2, -0.15) is 0 Å². The van der Waals surface area contributed by atoms with Crippen LogP contribution in [0.3, 0.4) is 0 Å². The van der Waals surface area contributed by atoms with Crippen LogP contribution in [0.5, 0.6) is 0 Å². The fourth-order valence-corrected chi connectivity index (χ4v) is 15.0. The summed E-state index contributed by atoms with van der Waals surface area (Å²) < 4.78 is 0. The molecule has 0 spiro atoms. The standard InChI is InChI=1S/C66H70BN3/c1-60(2,3)43-25-29-46(30-26-43)68-55-32-28-45(62(7,8)9)38-53(55)67-52-24-18-23-50-59(52)70(66(13)49-22-17-15-20-42(49)33-35-63(50,66)10)57-40-47(39-56(68)58(57)67)69-54-31-27-44(61(4,5)6)37-51(54)64(11)36-34-41-19-14-16-21-48(41)65(64,69)12/h14-32,37-40H,33-36H2,1-13H3. The molecule has 4 unspecified atom stereocenters. The van der Waals surface area contributed by atoms with Crippen molar-refractivity contribution >= 4 is 62.9 Å². The minimum atomic E-state index is -0.368. The van der Waals surface area contributed by atoms with Gasteiger partial charge in [-0.25, -0.2) is 0 Å². The fourth-order valence-electron chi connectivity index (χ4n) is 15.0. The Morgan fingerprint density at radius 3 is 1.54 bits per heavy atom. The molecule has 0 aromatic heterocycles. The van der Waals surface area contributed by atoms with Crippen LogP contribution in [0, 0.1) is 0 Å². The SMILES string of the molecule is CC(C)(C)c1ccc(N2c3ccc(C(C)(C)C)cc3B3c4cccc5c4N(c4cc(N6c7ccc(C(C)(C)C)cc7C7(C)CCc8ccccc8C67C)cc2c43)C2(C)c3ccccc3CCC52C)cc1. The van der Waals surface area contributed by atoms with Crippen molar-refractivity contribution in [2.45, 2.75) is 154 Å². The molecule has 0 amide bonds. The summed E-state index contributed by atoms with van der Waals surface area (Å²) >= 11 is 0. The zero-order valence-corrected chi connectivity index (χ0v) is 44.0. The van der Waals surface area contributed by atoms with E-state index in [1.165, 1.54) is 106 Å². The van der Waals surface area contributed by atoms with Gasteiger partial charge in [0.15, 0.2) is 0 Å². The maximum atomic E-state index is 2.89. The molecule has 4 atom stereocenters. The van der Waals surface area contributed by atoms with Gasteiger partial charge in [-0.15, -0.1) is 0 Å². The summed E-state index contributed by atoms with van der Waals surface area (Å²) in [5.74, 6) is 0. The first kappa shape index (κ1) is 44.0. The number of nitrogens with zero attached hydrogens (tertiary/aromatic N) is 3. The summed E-state index contributed by atoms with van der Waals surface area (Å²) in [5.41, 5.74) is 25.4. The molecule has 352 valence electrons. The van der Waals surface area contributed by atoms with Crippen LogP contribution < -0.4 is 31.1 Å². The van der Waals surface area contributed by atoms with Crippen LogP contribution in [0.25, 0.3) is 0 Å². The van der Waals surface area contributed by atoms with Gasteiger partial charge in [0.25, 0.3) is 6.71 Å². The van der Waals surface area contributed by atoms with Gasteiger partial charge in [-0.05, 0) is 159 Å². The Morgan fingerprint density at radius 1 is 0.414 bits per heavy atom. The van der Waals surface area contributed by atoms with Gasteiger partial charge in [0, 0.05) is 50.6 Å². The minimum absolute atomic E-state index is 0.0193. The molecule has 4 heterocycles. The van der Waals surface area contributed by atoms with E-state index < -0.39 is 0 Å². The lowest BCUT2D eigenvalue weighted by molar-refractivity contribution is 0.244. The average Bonchev–Trinajstić information content (AvgIpc) is 3.68. The van der Waals surface area contributed by atoms with Gasteiger partial charge in [0.05, 0.1) is 11.1 Å². The number of benzene rings is 7. The second-order valence-corrected chi connectivity index (χ2v) is 26.0. The lowest BCUT2D eigenvalue weighted by Gasteiger charge is -2.54. The van der Waals surface area contributed by atoms with Crippen LogP contribution in [0.1, 0.15) is 153 Å². The molecule has 0 fully saturated rings. The summed E-state index contributed by atoms with van der Waals surface area (Å²) in [6.07, 6.45) is 4.33. The van der Waals surface area contributed by atoms with Crippen LogP contribution in [-0.2, 0) is 51.0 Å². The highest BCUT2D eigenvalue weighted by atomic mass is 15.3. The molecule has 7 aromatic rings. The highest BCUT2D eigenvalue weighted by molar-refractivity contribution is 7.00. The predicted molar refractivity (Wildman–Crippen MR) is 298 cm³/mol. The molecule has 6 aliphatic rings. The Kier molecular flexibility index (Phi) is 8.73. The van der Waals surface area contributed by atoms with E-state index in [4.69, 9.17) is 0 Å². The minimum Gasteiger partial charge on any atom is -0.331 e. The topological polar surface area (TPSA) is 9.72 Å². The van der Waals surface area contributed by atoms with Gasteiger partial charge in [0.2, 0.25) is 0 Å². The molecule has 7 aromatic carbocycles. The van der Waals surface area contributed by atoms with Crippen molar-refractivity contribution in [3.63, 3.8) is 0 Å². The molecular formula is C66H70BN3. The Hall–Kier alpha value is -6.00. The number of para-hydroxylation sites is 1. The van der Waals surface area contributed by atoms with Crippen LogP contribution in [0.4, 0.5) is 39.8 Å². The van der Waals surface area contributed by atoms with E-state index in [-0.39, 0.29) is 44.9 Å². The molecule has 0 radical (unpaired) electrons. The number of aryl methyl sites for hydroxylation is 2. The molecule has 4 aliphatic heterocycles. The number of hydrogen-bond donors (Lipinski definition) is 0. The third-order valence-electron chi connectivity index (χ3n) is 19.4. The molecular weight excluding hydrogens is 846 g/mol. The number of anilines is 7. The number of fused-ring (bicyclic) bond motifs is 14. The molecule has 4 heteroatoms. The highest BCUT2D eigenvalue weighted by Gasteiger charge is 2.64. The second kappa shape index (κ2) is 13.9. The molecule has 0 saturated carbocycles. The summed E-state index contributed by atoms with van der Waals surface area (Å²) in [4.78, 5) is 8.37. The first-order chi connectivity index (χ1) is 33.1. The molecule has 0 saturated heterocycles. The van der Waals surface area contributed by atoms with Crippen LogP contribution in [0.15, 0.2) is 140 Å². The van der Waals surface area contributed by atoms with Crippen molar-refractivity contribution in [2.75, 3.05) is 14.7 Å². The van der Waals surface area contributed by atoms with E-state index in [0.29, 0.717) is 0 Å². The fraction of sp³-hybridized carbons (Fsp3) is 0.364. The van der Waals surface area contributed by atoms with Crippen LogP contribution in [0.2, 0.25) is 0 Å². The monoisotopic (exact) mass is 916 g/mol. The summed E-state index contributed by atoms with van der Waals surface area (Å²) in [5, 5.41) is 0. The summed E-state index contributed by atoms with van der Waals surface area (Å²) in [7, 11) is 0. The van der Waals surface area contributed by atoms with Crippen molar-refractivity contribution in [2.24, 2.45) is 0 Å². The van der Waals surface area contributed by atoms with Crippen molar-refractivity contribution in [3.05, 3.63) is 190 Å². The maximum Gasteiger partial charge on any atom is 0.252 e. The molecule has 13 rings (SSSR count). The molecule has 0 bridgehead atoms. The van der Waals surface area contributed by atoms with E-state index in [9.17, 15) is 0 Å². The summed E-state index contributed by atoms with van der Waals surface area (Å²) in [6.45, 7) is 31.6. The Morgan fingerprint density at radius 2 is 0.929 bits per heavy atom. The lowest BCUT2D eigenvalue weighted by Crippen LogP contribution is -2.64. The van der Waals surface area contributed by atoms with Gasteiger partial charge in [-0.1, -0.05) is 179 Å². The Bertz CT molecular complexity index is 3380. The van der Waals surface area contributed by atoms with E-state index in [1.807, 2.05) is 0 Å². The van der Waals surface area contributed by atoms with Crippen molar-refractivity contribution in [1.29, 1.82) is 0 Å². The zero-order chi connectivity index (χ0) is 48.9. The summed E-state index contributed by atoms with van der Waals surface area (Å²) in [6, 6.07) is 56.0. The Balaban J connectivity index is 1.18. The quantitative estimate of drug-likeness (QED) is 0.160. The number of hydrogen-bond acceptors (Lipinski definition) is 3. The normalized spacial score (nSPS) is 24.5. The zero-order valence-electron chi connectivity index (χ0n) is 44.0. The highest BCUT2D eigenvalue weighted by Crippen LogP contribution is 2.67. The molecule has 70 heavy (non-hydrogen) atoms. The van der Waals surface area contributed by atoms with Gasteiger partial charge in [0.1, 0.15) is 0 Å². The van der Waals surface area contributed by atoms with Crippen molar-refractivity contribution in [3.8, 4) is 0 Å². The molecule has 3 nitrogen and oxygen atoms in total. The van der Waals surface area contributed by atoms with E-state index >= 15 is 0 Å². The smallest absolute Gasteiger partial charge is 0.252 e. The lowest BCUT2D eigenvalue weighted by atomic mass is 9.33. The van der Waals surface area contributed by atoms with Crippen LogP contribution >= 0.6 is 0 Å². The largest absolute Gasteiger partial charge is 0.331 e. The predicted octanol–water partition coefficient (Wildman–Crippen LogP) is 14.7. The number of rotatable bonds is 2. The molecule has 0 N–H and O–H groups in total. The third-order valence-corrected chi connectivity index (χ3v) is 19.4. The third kappa shape index (κ3) is 5.44. The van der Waals surface area contributed by atoms with Crippen molar-refractivity contribution < 1.29 is 0 Å². The Labute approximate surface area is 419 Å². The first-order valence-corrected chi connectivity index (χ1v) is 26.4. The first-order valence-electron chi connectivity index (χ1n) is 26.4.